The summed E-state index contributed by atoms with van der Waals surface area (Å²) in [7, 11) is 1.79. The topological polar surface area (TPSA) is 72.7 Å². The van der Waals surface area contributed by atoms with Crippen molar-refractivity contribution >= 4 is 22.9 Å². The molecule has 1 N–H and O–H groups in total. The highest BCUT2D eigenvalue weighted by Crippen LogP contribution is 2.29. The van der Waals surface area contributed by atoms with Gasteiger partial charge in [-0.1, -0.05) is 18.6 Å². The molecule has 0 saturated carbocycles. The van der Waals surface area contributed by atoms with Gasteiger partial charge in [-0.15, -0.1) is 16.4 Å². The van der Waals surface area contributed by atoms with Gasteiger partial charge in [0.1, 0.15) is 0 Å². The lowest BCUT2D eigenvalue weighted by Gasteiger charge is -2.06. The summed E-state index contributed by atoms with van der Waals surface area (Å²) in [4.78, 5) is 14.8. The first kappa shape index (κ1) is 16.0. The standard InChI is InChI=1S/C18H19N5OS/c1-23-17(20-21-22-23)13-7-5-8-14(10-13)19-18(24)16-11-12-6-3-2-4-9-15(12)25-16/h5,7-8,10-11H,2-4,6,9H2,1H3,(H,19,24). The number of carbonyl (C=O) groups is 1. The summed E-state index contributed by atoms with van der Waals surface area (Å²) in [6.45, 7) is 0. The van der Waals surface area contributed by atoms with Crippen LogP contribution in [0, 0.1) is 0 Å². The maximum atomic E-state index is 12.6. The third-order valence-electron chi connectivity index (χ3n) is 4.47. The van der Waals surface area contributed by atoms with E-state index >= 15 is 0 Å². The van der Waals surface area contributed by atoms with Gasteiger partial charge in [-0.05, 0) is 59.9 Å². The van der Waals surface area contributed by atoms with Crippen LogP contribution in [0.25, 0.3) is 11.4 Å². The number of amides is 1. The molecular weight excluding hydrogens is 334 g/mol. The Hall–Kier alpha value is -2.54. The number of nitrogens with zero attached hydrogens (tertiary/aromatic N) is 4. The van der Waals surface area contributed by atoms with E-state index in [0.29, 0.717) is 5.82 Å². The van der Waals surface area contributed by atoms with Gasteiger partial charge in [0.2, 0.25) is 0 Å². The van der Waals surface area contributed by atoms with E-state index in [4.69, 9.17) is 0 Å². The Labute approximate surface area is 149 Å². The van der Waals surface area contributed by atoms with Crippen LogP contribution in [0.15, 0.2) is 30.3 Å². The number of thiophene rings is 1. The lowest BCUT2D eigenvalue weighted by molar-refractivity contribution is 0.103. The second-order valence-electron chi connectivity index (χ2n) is 6.28. The molecule has 2 heterocycles. The van der Waals surface area contributed by atoms with Crippen molar-refractivity contribution in [2.75, 3.05) is 5.32 Å². The molecule has 0 spiro atoms. The van der Waals surface area contributed by atoms with E-state index in [1.54, 1.807) is 23.1 Å². The van der Waals surface area contributed by atoms with Crippen molar-refractivity contribution in [1.82, 2.24) is 20.2 Å². The van der Waals surface area contributed by atoms with E-state index < -0.39 is 0 Å². The summed E-state index contributed by atoms with van der Waals surface area (Å²) >= 11 is 1.63. The third kappa shape index (κ3) is 3.32. The molecule has 0 radical (unpaired) electrons. The third-order valence-corrected chi connectivity index (χ3v) is 5.71. The summed E-state index contributed by atoms with van der Waals surface area (Å²) < 4.78 is 1.61. The number of hydrogen-bond donors (Lipinski definition) is 1. The summed E-state index contributed by atoms with van der Waals surface area (Å²) in [5, 5.41) is 14.5. The summed E-state index contributed by atoms with van der Waals surface area (Å²) in [5.74, 6) is 0.616. The number of fused-ring (bicyclic) bond motifs is 1. The van der Waals surface area contributed by atoms with Crippen LogP contribution in [0.2, 0.25) is 0 Å². The number of hydrogen-bond acceptors (Lipinski definition) is 5. The quantitative estimate of drug-likeness (QED) is 0.732. The molecule has 0 saturated heterocycles. The minimum absolute atomic E-state index is 0.0497. The van der Waals surface area contributed by atoms with Crippen LogP contribution in [-0.2, 0) is 19.9 Å². The van der Waals surface area contributed by atoms with Gasteiger partial charge in [0, 0.05) is 23.2 Å². The molecule has 2 aromatic heterocycles. The zero-order valence-corrected chi connectivity index (χ0v) is 14.8. The van der Waals surface area contributed by atoms with E-state index in [-0.39, 0.29) is 5.91 Å². The largest absolute Gasteiger partial charge is 0.321 e. The highest BCUT2D eigenvalue weighted by Gasteiger charge is 2.17. The van der Waals surface area contributed by atoms with Crippen LogP contribution in [0.4, 0.5) is 5.69 Å². The predicted octanol–water partition coefficient (Wildman–Crippen LogP) is 3.46. The normalized spacial score (nSPS) is 14.0. The highest BCUT2D eigenvalue weighted by atomic mass is 32.1. The lowest BCUT2D eigenvalue weighted by Crippen LogP contribution is -2.10. The van der Waals surface area contributed by atoms with Crippen LogP contribution in [0.3, 0.4) is 0 Å². The minimum Gasteiger partial charge on any atom is -0.321 e. The van der Waals surface area contributed by atoms with Gasteiger partial charge >= 0.3 is 0 Å². The van der Waals surface area contributed by atoms with E-state index in [1.807, 2.05) is 24.3 Å². The van der Waals surface area contributed by atoms with Crippen molar-refractivity contribution < 1.29 is 4.79 Å². The maximum absolute atomic E-state index is 12.6. The lowest BCUT2D eigenvalue weighted by atomic mass is 10.1. The number of aromatic nitrogens is 4. The van der Waals surface area contributed by atoms with E-state index in [0.717, 1.165) is 29.0 Å². The van der Waals surface area contributed by atoms with Crippen molar-refractivity contribution in [2.24, 2.45) is 7.05 Å². The van der Waals surface area contributed by atoms with Crippen LogP contribution in [-0.4, -0.2) is 26.1 Å². The molecule has 0 bridgehead atoms. The van der Waals surface area contributed by atoms with Gasteiger partial charge in [0.15, 0.2) is 5.82 Å². The minimum atomic E-state index is -0.0497. The smallest absolute Gasteiger partial charge is 0.265 e. The van der Waals surface area contributed by atoms with Gasteiger partial charge in [-0.2, -0.15) is 0 Å². The van der Waals surface area contributed by atoms with Crippen molar-refractivity contribution in [3.05, 3.63) is 45.6 Å². The van der Waals surface area contributed by atoms with Crippen LogP contribution < -0.4 is 5.32 Å². The van der Waals surface area contributed by atoms with Crippen molar-refractivity contribution in [3.8, 4) is 11.4 Å². The van der Waals surface area contributed by atoms with Gasteiger partial charge in [-0.25, -0.2) is 4.68 Å². The number of benzene rings is 1. The van der Waals surface area contributed by atoms with Crippen molar-refractivity contribution in [3.63, 3.8) is 0 Å². The SMILES string of the molecule is Cn1nnnc1-c1cccc(NC(=O)c2cc3c(s2)CCCCC3)c1. The fourth-order valence-electron chi connectivity index (χ4n) is 3.18. The Morgan fingerprint density at radius 2 is 2.08 bits per heavy atom. The Morgan fingerprint density at radius 3 is 2.92 bits per heavy atom. The molecule has 3 aromatic rings. The number of tetrazole rings is 1. The molecule has 25 heavy (non-hydrogen) atoms. The molecule has 128 valence electrons. The second kappa shape index (κ2) is 6.76. The van der Waals surface area contributed by atoms with Crippen LogP contribution in [0.5, 0.6) is 0 Å². The molecule has 7 heteroatoms. The van der Waals surface area contributed by atoms with Gasteiger partial charge in [-0.3, -0.25) is 4.79 Å². The second-order valence-corrected chi connectivity index (χ2v) is 7.42. The average molecular weight is 353 g/mol. The van der Waals surface area contributed by atoms with E-state index in [9.17, 15) is 4.79 Å². The maximum Gasteiger partial charge on any atom is 0.265 e. The number of anilines is 1. The molecule has 1 aliphatic carbocycles. The predicted molar refractivity (Wildman–Crippen MR) is 97.8 cm³/mol. The average Bonchev–Trinajstić information content (AvgIpc) is 3.16. The summed E-state index contributed by atoms with van der Waals surface area (Å²) in [6.07, 6.45) is 5.92. The van der Waals surface area contributed by atoms with Gasteiger partial charge in [0.05, 0.1) is 4.88 Å². The first-order chi connectivity index (χ1) is 12.2. The summed E-state index contributed by atoms with van der Waals surface area (Å²) in [6, 6.07) is 9.65. The first-order valence-electron chi connectivity index (χ1n) is 8.46. The van der Waals surface area contributed by atoms with E-state index in [2.05, 4.69) is 26.9 Å². The fraction of sp³-hybridized carbons (Fsp3) is 0.333. The van der Waals surface area contributed by atoms with E-state index in [1.165, 1.54) is 29.7 Å². The zero-order valence-electron chi connectivity index (χ0n) is 14.0. The van der Waals surface area contributed by atoms with Crippen LogP contribution in [0.1, 0.15) is 39.4 Å². The van der Waals surface area contributed by atoms with Gasteiger partial charge in [0.25, 0.3) is 5.91 Å². The first-order valence-corrected chi connectivity index (χ1v) is 9.28. The Bertz CT molecular complexity index is 890. The zero-order chi connectivity index (χ0) is 17.2. The molecular formula is C18H19N5OS. The van der Waals surface area contributed by atoms with Crippen LogP contribution >= 0.6 is 11.3 Å². The van der Waals surface area contributed by atoms with Crippen molar-refractivity contribution in [1.29, 1.82) is 0 Å². The molecule has 1 amide bonds. The molecule has 0 fully saturated rings. The summed E-state index contributed by atoms with van der Waals surface area (Å²) in [5.41, 5.74) is 2.97. The fourth-order valence-corrected chi connectivity index (χ4v) is 4.33. The number of aryl methyl sites for hydroxylation is 3. The molecule has 1 aliphatic rings. The Kier molecular flexibility index (Phi) is 4.31. The molecule has 1 aromatic carbocycles. The molecule has 4 rings (SSSR count). The van der Waals surface area contributed by atoms with Crippen molar-refractivity contribution in [2.45, 2.75) is 32.1 Å². The molecule has 0 atom stereocenters. The molecule has 6 nitrogen and oxygen atoms in total. The molecule has 0 aliphatic heterocycles. The number of carbonyl (C=O) groups excluding carboxylic acids is 1. The Morgan fingerprint density at radius 1 is 1.20 bits per heavy atom. The molecule has 0 unspecified atom stereocenters. The number of nitrogens with one attached hydrogen (secondary N) is 1. The monoisotopic (exact) mass is 353 g/mol. The number of rotatable bonds is 3. The Balaban J connectivity index is 1.54. The van der Waals surface area contributed by atoms with Gasteiger partial charge < -0.3 is 5.32 Å². The highest BCUT2D eigenvalue weighted by molar-refractivity contribution is 7.14.